The van der Waals surface area contributed by atoms with Gasteiger partial charge >= 0.3 is 5.97 Å². The zero-order valence-electron chi connectivity index (χ0n) is 14.5. The van der Waals surface area contributed by atoms with Crippen molar-refractivity contribution in [3.05, 3.63) is 35.4 Å². The number of carbonyl (C=O) groups excluding carboxylic acids is 2. The van der Waals surface area contributed by atoms with Gasteiger partial charge in [0.25, 0.3) is 5.91 Å². The Morgan fingerprint density at radius 3 is 2.48 bits per heavy atom. The van der Waals surface area contributed by atoms with Crippen LogP contribution in [-0.2, 0) is 16.1 Å². The van der Waals surface area contributed by atoms with E-state index in [-0.39, 0.29) is 17.9 Å². The van der Waals surface area contributed by atoms with Crippen molar-refractivity contribution in [2.75, 3.05) is 13.1 Å². The minimum Gasteiger partial charge on any atom is -0.481 e. The van der Waals surface area contributed by atoms with E-state index in [0.29, 0.717) is 37.9 Å². The first kappa shape index (κ1) is 17.5. The molecule has 6 nitrogen and oxygen atoms in total. The molecule has 25 heavy (non-hydrogen) atoms. The minimum absolute atomic E-state index is 0.123. The van der Waals surface area contributed by atoms with Gasteiger partial charge in [0.15, 0.2) is 0 Å². The van der Waals surface area contributed by atoms with Gasteiger partial charge in [0.1, 0.15) is 0 Å². The predicted molar refractivity (Wildman–Crippen MR) is 92.0 cm³/mol. The van der Waals surface area contributed by atoms with Crippen LogP contribution in [0.15, 0.2) is 24.3 Å². The lowest BCUT2D eigenvalue weighted by atomic mass is 9.90. The molecule has 0 unspecified atom stereocenters. The molecule has 0 saturated carbocycles. The van der Waals surface area contributed by atoms with Gasteiger partial charge < -0.3 is 14.9 Å². The maximum Gasteiger partial charge on any atom is 0.308 e. The summed E-state index contributed by atoms with van der Waals surface area (Å²) in [6, 6.07) is 7.00. The maximum atomic E-state index is 12.8. The third-order valence-electron chi connectivity index (χ3n) is 5.31. The highest BCUT2D eigenvalue weighted by Crippen LogP contribution is 2.25. The zero-order valence-corrected chi connectivity index (χ0v) is 14.5. The molecule has 0 radical (unpaired) electrons. The molecule has 0 spiro atoms. The molecule has 1 N–H and O–H groups in total. The van der Waals surface area contributed by atoms with E-state index in [1.807, 2.05) is 24.0 Å². The summed E-state index contributed by atoms with van der Waals surface area (Å²) in [5.74, 6) is -1.28. The summed E-state index contributed by atoms with van der Waals surface area (Å²) >= 11 is 0. The van der Waals surface area contributed by atoms with Gasteiger partial charge in [0.05, 0.1) is 5.92 Å². The van der Waals surface area contributed by atoms with Gasteiger partial charge in [-0.15, -0.1) is 0 Å². The number of piperidine rings is 1. The number of amides is 2. The van der Waals surface area contributed by atoms with Crippen molar-refractivity contribution in [1.29, 1.82) is 0 Å². The van der Waals surface area contributed by atoms with Gasteiger partial charge in [0, 0.05) is 37.7 Å². The number of hydrogen-bond donors (Lipinski definition) is 1. The van der Waals surface area contributed by atoms with Crippen molar-refractivity contribution < 1.29 is 19.5 Å². The molecule has 2 saturated heterocycles. The molecule has 134 valence electrons. The number of benzene rings is 1. The van der Waals surface area contributed by atoms with Crippen LogP contribution < -0.4 is 0 Å². The number of aliphatic carboxylic acids is 1. The van der Waals surface area contributed by atoms with Crippen LogP contribution >= 0.6 is 0 Å². The lowest BCUT2D eigenvalue weighted by Gasteiger charge is -2.37. The van der Waals surface area contributed by atoms with E-state index in [1.165, 1.54) is 0 Å². The monoisotopic (exact) mass is 344 g/mol. The summed E-state index contributed by atoms with van der Waals surface area (Å²) in [5, 5.41) is 9.30. The Labute approximate surface area is 147 Å². The van der Waals surface area contributed by atoms with E-state index in [9.17, 15) is 19.5 Å². The topological polar surface area (TPSA) is 77.9 Å². The molecule has 0 aromatic heterocycles. The quantitative estimate of drug-likeness (QED) is 0.908. The second kappa shape index (κ2) is 7.25. The zero-order chi connectivity index (χ0) is 18.0. The van der Waals surface area contributed by atoms with Crippen LogP contribution in [0.3, 0.4) is 0 Å². The number of carbonyl (C=O) groups is 3. The molecular weight excluding hydrogens is 320 g/mol. The summed E-state index contributed by atoms with van der Waals surface area (Å²) < 4.78 is 0. The molecule has 2 atom stereocenters. The Morgan fingerprint density at radius 2 is 1.88 bits per heavy atom. The van der Waals surface area contributed by atoms with Crippen LogP contribution in [-0.4, -0.2) is 51.8 Å². The second-order valence-electron chi connectivity index (χ2n) is 6.94. The fourth-order valence-electron chi connectivity index (χ4n) is 3.77. The summed E-state index contributed by atoms with van der Waals surface area (Å²) in [7, 11) is 0. The van der Waals surface area contributed by atoms with E-state index in [4.69, 9.17) is 0 Å². The SMILES string of the molecule is C[C@@H]1[C@H](C(=O)O)CCCN1C(=O)c1ccc(CN2CCCC2=O)cc1. The van der Waals surface area contributed by atoms with E-state index < -0.39 is 11.9 Å². The fourth-order valence-corrected chi connectivity index (χ4v) is 3.77. The second-order valence-corrected chi connectivity index (χ2v) is 6.94. The van der Waals surface area contributed by atoms with Crippen LogP contribution in [0, 0.1) is 5.92 Å². The van der Waals surface area contributed by atoms with Crippen LogP contribution in [0.25, 0.3) is 0 Å². The minimum atomic E-state index is -0.837. The highest BCUT2D eigenvalue weighted by atomic mass is 16.4. The smallest absolute Gasteiger partial charge is 0.308 e. The standard InChI is InChI=1S/C19H24N2O4/c1-13-16(19(24)25)4-2-11-21(13)18(23)15-8-6-14(7-9-15)12-20-10-3-5-17(20)22/h6-9,13,16H,2-5,10-12H2,1H3,(H,24,25)/t13-,16-/m1/s1. The molecule has 1 aromatic carbocycles. The van der Waals surface area contributed by atoms with Gasteiger partial charge in [-0.3, -0.25) is 14.4 Å². The number of carboxylic acid groups (broad SMARTS) is 1. The number of rotatable bonds is 4. The van der Waals surface area contributed by atoms with Crippen LogP contribution in [0.2, 0.25) is 0 Å². The summed E-state index contributed by atoms with van der Waals surface area (Å²) in [5.41, 5.74) is 1.57. The average molecular weight is 344 g/mol. The van der Waals surface area contributed by atoms with Crippen molar-refractivity contribution >= 4 is 17.8 Å². The predicted octanol–water partition coefficient (Wildman–Crippen LogP) is 2.13. The molecule has 2 fully saturated rings. The molecule has 1 aromatic rings. The Bertz CT molecular complexity index is 671. The van der Waals surface area contributed by atoms with E-state index in [1.54, 1.807) is 17.0 Å². The van der Waals surface area contributed by atoms with Gasteiger partial charge in [0.2, 0.25) is 5.91 Å². The maximum absolute atomic E-state index is 12.8. The van der Waals surface area contributed by atoms with Crippen molar-refractivity contribution in [3.63, 3.8) is 0 Å². The number of nitrogens with zero attached hydrogens (tertiary/aromatic N) is 2. The lowest BCUT2D eigenvalue weighted by Crippen LogP contribution is -2.49. The summed E-state index contributed by atoms with van der Waals surface area (Å²) in [6.07, 6.45) is 2.85. The Hall–Kier alpha value is -2.37. The first-order valence-corrected chi connectivity index (χ1v) is 8.88. The highest BCUT2D eigenvalue weighted by molar-refractivity contribution is 5.95. The van der Waals surface area contributed by atoms with Gasteiger partial charge in [-0.25, -0.2) is 0 Å². The van der Waals surface area contributed by atoms with Crippen LogP contribution in [0.5, 0.6) is 0 Å². The van der Waals surface area contributed by atoms with Crippen molar-refractivity contribution in [2.24, 2.45) is 5.92 Å². The van der Waals surface area contributed by atoms with E-state index >= 15 is 0 Å². The number of likely N-dealkylation sites (tertiary alicyclic amines) is 2. The van der Waals surface area contributed by atoms with Crippen molar-refractivity contribution in [3.8, 4) is 0 Å². The van der Waals surface area contributed by atoms with Crippen LogP contribution in [0.1, 0.15) is 48.5 Å². The highest BCUT2D eigenvalue weighted by Gasteiger charge is 2.35. The Balaban J connectivity index is 1.68. The number of hydrogen-bond acceptors (Lipinski definition) is 3. The van der Waals surface area contributed by atoms with Crippen molar-refractivity contribution in [2.45, 2.75) is 45.2 Å². The van der Waals surface area contributed by atoms with E-state index in [2.05, 4.69) is 0 Å². The largest absolute Gasteiger partial charge is 0.481 e. The molecule has 2 aliphatic rings. The Kier molecular flexibility index (Phi) is 5.06. The molecule has 2 heterocycles. The fraction of sp³-hybridized carbons (Fsp3) is 0.526. The lowest BCUT2D eigenvalue weighted by molar-refractivity contribution is -0.145. The normalized spacial score (nSPS) is 23.8. The summed E-state index contributed by atoms with van der Waals surface area (Å²) in [6.45, 7) is 3.77. The number of carboxylic acids is 1. The van der Waals surface area contributed by atoms with E-state index in [0.717, 1.165) is 18.5 Å². The third-order valence-corrected chi connectivity index (χ3v) is 5.31. The van der Waals surface area contributed by atoms with Gasteiger partial charge in [-0.1, -0.05) is 12.1 Å². The van der Waals surface area contributed by atoms with Crippen LogP contribution in [0.4, 0.5) is 0 Å². The molecule has 6 heteroatoms. The molecular formula is C19H24N2O4. The first-order chi connectivity index (χ1) is 12.0. The molecule has 0 aliphatic carbocycles. The Morgan fingerprint density at radius 1 is 1.16 bits per heavy atom. The average Bonchev–Trinajstić information content (AvgIpc) is 3.00. The molecule has 2 aliphatic heterocycles. The van der Waals surface area contributed by atoms with Crippen molar-refractivity contribution in [1.82, 2.24) is 9.80 Å². The first-order valence-electron chi connectivity index (χ1n) is 8.88. The summed E-state index contributed by atoms with van der Waals surface area (Å²) in [4.78, 5) is 39.3. The third kappa shape index (κ3) is 3.67. The van der Waals surface area contributed by atoms with Gasteiger partial charge in [-0.05, 0) is 43.9 Å². The molecule has 0 bridgehead atoms. The van der Waals surface area contributed by atoms with Gasteiger partial charge in [-0.2, -0.15) is 0 Å². The molecule has 2 amide bonds. The molecule has 3 rings (SSSR count).